The Kier molecular flexibility index (Phi) is 9.10. The van der Waals surface area contributed by atoms with Crippen molar-refractivity contribution < 1.29 is 17.9 Å². The monoisotopic (exact) mass is 555 g/mol. The van der Waals surface area contributed by atoms with E-state index in [1.54, 1.807) is 19.1 Å². The summed E-state index contributed by atoms with van der Waals surface area (Å²) in [6, 6.07) is 7.36. The number of nitrogens with zero attached hydrogens (tertiary/aromatic N) is 5. The van der Waals surface area contributed by atoms with E-state index in [1.165, 1.54) is 24.4 Å². The lowest BCUT2D eigenvalue weighted by Gasteiger charge is -2.34. The van der Waals surface area contributed by atoms with Gasteiger partial charge in [-0.05, 0) is 70.0 Å². The highest BCUT2D eigenvalue weighted by Gasteiger charge is 2.39. The number of carbonyl (C=O) groups is 1. The van der Waals surface area contributed by atoms with Crippen LogP contribution in [0.1, 0.15) is 64.0 Å². The summed E-state index contributed by atoms with van der Waals surface area (Å²) in [6.45, 7) is 16.7. The number of nitrogens with one attached hydrogen (secondary N) is 1. The second-order valence-corrected chi connectivity index (χ2v) is 12.3. The minimum Gasteiger partial charge on any atom is -0.476 e. The van der Waals surface area contributed by atoms with Crippen molar-refractivity contribution in [3.63, 3.8) is 0 Å². The summed E-state index contributed by atoms with van der Waals surface area (Å²) >= 11 is 0. The molecule has 1 amide bonds. The highest BCUT2D eigenvalue weighted by molar-refractivity contribution is 7.90. The molecule has 2 aromatic heterocycles. The molecule has 1 atom stereocenters. The van der Waals surface area contributed by atoms with Crippen molar-refractivity contribution >= 4 is 40.0 Å². The van der Waals surface area contributed by atoms with Gasteiger partial charge in [0.2, 0.25) is 5.88 Å². The molecule has 0 spiro atoms. The summed E-state index contributed by atoms with van der Waals surface area (Å²) < 4.78 is 33.7. The molecule has 1 fully saturated rings. The van der Waals surface area contributed by atoms with Crippen LogP contribution in [0.15, 0.2) is 57.4 Å². The Balaban J connectivity index is 2.05. The molecular formula is C27H37N7O4S. The Morgan fingerprint density at radius 1 is 1.31 bits per heavy atom. The zero-order chi connectivity index (χ0) is 29.0. The molecule has 39 heavy (non-hydrogen) atoms. The fourth-order valence-electron chi connectivity index (χ4n) is 4.45. The molecule has 0 bridgehead atoms. The first-order valence-electron chi connectivity index (χ1n) is 12.7. The molecule has 1 aliphatic heterocycles. The van der Waals surface area contributed by atoms with Crippen molar-refractivity contribution in [2.45, 2.75) is 58.5 Å². The molecule has 0 unspecified atom stereocenters. The zero-order valence-corrected chi connectivity index (χ0v) is 24.1. The fourth-order valence-corrected chi connectivity index (χ4v) is 5.40. The number of ether oxygens (including phenoxy) is 1. The average Bonchev–Trinajstić information content (AvgIpc) is 3.13. The van der Waals surface area contributed by atoms with Crippen LogP contribution in [-0.2, 0) is 14.8 Å². The molecule has 3 heterocycles. The van der Waals surface area contributed by atoms with Crippen LogP contribution in [0.5, 0.6) is 0 Å². The first kappa shape index (κ1) is 29.8. The predicted octanol–water partition coefficient (Wildman–Crippen LogP) is 3.78. The third-order valence-electron chi connectivity index (χ3n) is 6.11. The number of anilines is 2. The summed E-state index contributed by atoms with van der Waals surface area (Å²) in [4.78, 5) is 32.4. The number of amides is 1. The van der Waals surface area contributed by atoms with Crippen molar-refractivity contribution in [1.82, 2.24) is 14.7 Å². The maximum Gasteiger partial charge on any atom is 0.281 e. The van der Waals surface area contributed by atoms with Gasteiger partial charge in [-0.1, -0.05) is 26.8 Å². The van der Waals surface area contributed by atoms with E-state index in [9.17, 15) is 13.2 Å². The number of nitrogen functional groups attached to an aromatic ring is 1. The molecule has 0 aliphatic carbocycles. The molecule has 3 N–H and O–H groups in total. The summed E-state index contributed by atoms with van der Waals surface area (Å²) in [5, 5.41) is -0.350. The maximum absolute atomic E-state index is 13.4. The third-order valence-corrected chi connectivity index (χ3v) is 7.34. The van der Waals surface area contributed by atoms with Crippen LogP contribution in [0, 0.1) is 11.8 Å². The van der Waals surface area contributed by atoms with Crippen molar-refractivity contribution in [1.29, 1.82) is 0 Å². The van der Waals surface area contributed by atoms with E-state index >= 15 is 0 Å². The summed E-state index contributed by atoms with van der Waals surface area (Å²) in [5.74, 6) is 0.479. The predicted molar refractivity (Wildman–Crippen MR) is 153 cm³/mol. The molecule has 12 heteroatoms. The van der Waals surface area contributed by atoms with Gasteiger partial charge in [0, 0.05) is 12.1 Å². The molecule has 2 aromatic rings. The summed E-state index contributed by atoms with van der Waals surface area (Å²) in [5.41, 5.74) is 6.46. The van der Waals surface area contributed by atoms with Crippen LogP contribution in [0.2, 0.25) is 0 Å². The number of hydrogen-bond acceptors (Lipinski definition) is 10. The molecule has 11 nitrogen and oxygen atoms in total. The van der Waals surface area contributed by atoms with E-state index in [4.69, 9.17) is 15.5 Å². The number of hydrogen-bond donors (Lipinski definition) is 2. The summed E-state index contributed by atoms with van der Waals surface area (Å²) in [7, 11) is -4.27. The van der Waals surface area contributed by atoms with Crippen LogP contribution >= 0.6 is 0 Å². The van der Waals surface area contributed by atoms with Gasteiger partial charge in [0.15, 0.2) is 5.03 Å². The standard InChI is InChI=1S/C27H37N7O4S/c1-17(2)16-38-23(14-29-7)30-19(4)21-12-11-20(25(31-21)34-15-18(3)13-27(34,5)6)26(35)33-39(36,37)24-10-8-9-22(28)32-24/h8-12,14,17-18H,7,13,15-16H2,1-6H3,(H2,28,32)(H,33,35)/b23-14+,30-19?/t18-/m0/s1. The van der Waals surface area contributed by atoms with Crippen LogP contribution in [0.4, 0.5) is 11.6 Å². The minimum atomic E-state index is -4.27. The van der Waals surface area contributed by atoms with Crippen LogP contribution in [0.25, 0.3) is 0 Å². The minimum absolute atomic E-state index is 0.0250. The van der Waals surface area contributed by atoms with E-state index in [2.05, 4.69) is 47.2 Å². The Morgan fingerprint density at radius 3 is 2.62 bits per heavy atom. The second-order valence-electron chi connectivity index (χ2n) is 10.7. The first-order valence-corrected chi connectivity index (χ1v) is 14.1. The molecule has 0 saturated carbocycles. The van der Waals surface area contributed by atoms with Crippen LogP contribution in [-0.4, -0.2) is 55.4 Å². The molecular weight excluding hydrogens is 518 g/mol. The molecule has 3 rings (SSSR count). The number of rotatable bonds is 10. The number of aromatic nitrogens is 2. The van der Waals surface area contributed by atoms with Gasteiger partial charge in [-0.3, -0.25) is 9.79 Å². The molecule has 1 saturated heterocycles. The first-order chi connectivity index (χ1) is 18.2. The number of carbonyl (C=O) groups excluding carboxylic acids is 1. The van der Waals surface area contributed by atoms with E-state index in [-0.39, 0.29) is 33.7 Å². The molecule has 1 aliphatic rings. The SMILES string of the molecule is C=N/C=C(\N=C(C)c1ccc(C(=O)NS(=O)(=O)c2cccc(N)n2)c(N2C[C@@H](C)CC2(C)C)n1)OCC(C)C. The van der Waals surface area contributed by atoms with Crippen molar-refractivity contribution in [3.8, 4) is 0 Å². The van der Waals surface area contributed by atoms with Crippen molar-refractivity contribution in [2.75, 3.05) is 23.8 Å². The lowest BCUT2D eigenvalue weighted by atomic mass is 9.97. The lowest BCUT2D eigenvalue weighted by molar-refractivity contribution is 0.0981. The van der Waals surface area contributed by atoms with Crippen molar-refractivity contribution in [3.05, 3.63) is 53.7 Å². The Labute approximate surface area is 230 Å². The quantitative estimate of drug-likeness (QED) is 0.332. The van der Waals surface area contributed by atoms with Crippen LogP contribution in [0.3, 0.4) is 0 Å². The smallest absolute Gasteiger partial charge is 0.281 e. The van der Waals surface area contributed by atoms with Gasteiger partial charge in [0.25, 0.3) is 15.9 Å². The summed E-state index contributed by atoms with van der Waals surface area (Å²) in [6.07, 6.45) is 2.30. The van der Waals surface area contributed by atoms with Gasteiger partial charge in [-0.15, -0.1) is 0 Å². The van der Waals surface area contributed by atoms with E-state index < -0.39 is 15.9 Å². The topological polar surface area (TPSA) is 152 Å². The number of nitrogens with two attached hydrogens (primary N) is 1. The number of aliphatic imine (C=N–C) groups is 2. The largest absolute Gasteiger partial charge is 0.476 e. The van der Waals surface area contributed by atoms with Crippen LogP contribution < -0.4 is 15.4 Å². The number of sulfonamides is 1. The Hall–Kier alpha value is -3.80. The van der Waals surface area contributed by atoms with E-state index in [0.29, 0.717) is 36.3 Å². The second kappa shape index (κ2) is 11.9. The molecule has 210 valence electrons. The normalized spacial score (nSPS) is 17.8. The zero-order valence-electron chi connectivity index (χ0n) is 23.3. The third kappa shape index (κ3) is 7.41. The van der Waals surface area contributed by atoms with Gasteiger partial charge >= 0.3 is 0 Å². The maximum atomic E-state index is 13.4. The Bertz CT molecular complexity index is 1400. The van der Waals surface area contributed by atoms with Gasteiger partial charge in [0.1, 0.15) is 11.6 Å². The highest BCUT2D eigenvalue weighted by Crippen LogP contribution is 2.37. The van der Waals surface area contributed by atoms with Gasteiger partial charge < -0.3 is 15.4 Å². The van der Waals surface area contributed by atoms with E-state index in [0.717, 1.165) is 6.42 Å². The molecule has 0 radical (unpaired) electrons. The van der Waals surface area contributed by atoms with Gasteiger partial charge in [-0.25, -0.2) is 19.7 Å². The van der Waals surface area contributed by atoms with Crippen molar-refractivity contribution in [2.24, 2.45) is 21.8 Å². The number of pyridine rings is 2. The van der Waals surface area contributed by atoms with E-state index in [1.807, 2.05) is 18.7 Å². The fraction of sp³-hybridized carbons (Fsp3) is 0.444. The lowest BCUT2D eigenvalue weighted by Crippen LogP contribution is -2.41. The van der Waals surface area contributed by atoms with Gasteiger partial charge in [-0.2, -0.15) is 8.42 Å². The molecule has 0 aromatic carbocycles. The van der Waals surface area contributed by atoms with Gasteiger partial charge in [0.05, 0.1) is 29.8 Å². The highest BCUT2D eigenvalue weighted by atomic mass is 32.2. The Morgan fingerprint density at radius 2 is 2.03 bits per heavy atom. The average molecular weight is 556 g/mol.